The molecule has 0 radical (unpaired) electrons. The third-order valence-electron chi connectivity index (χ3n) is 2.04. The van der Waals surface area contributed by atoms with Crippen LogP contribution in [-0.4, -0.2) is 17.4 Å². The summed E-state index contributed by atoms with van der Waals surface area (Å²) in [5.41, 5.74) is 5.80. The maximum Gasteiger partial charge on any atom is 0.150 e. The fourth-order valence-electron chi connectivity index (χ4n) is 1.27. The zero-order valence-electron chi connectivity index (χ0n) is 7.41. The van der Waals surface area contributed by atoms with E-state index in [4.69, 9.17) is 11.0 Å². The molecule has 0 spiro atoms. The number of hydrogen-bond donors (Lipinski definition) is 1. The Labute approximate surface area is 81.5 Å². The lowest BCUT2D eigenvalue weighted by molar-refractivity contribution is 0.620. The molecule has 70 valence electrons. The van der Waals surface area contributed by atoms with Gasteiger partial charge in [-0.15, -0.1) is 0 Å². The predicted molar refractivity (Wildman–Crippen MR) is 52.3 cm³/mol. The summed E-state index contributed by atoms with van der Waals surface area (Å²) in [4.78, 5) is 4.10. The molecule has 0 amide bonds. The lowest BCUT2D eigenvalue weighted by atomic mass is 10.1. The molecule has 1 aromatic heterocycles. The van der Waals surface area contributed by atoms with Gasteiger partial charge in [-0.2, -0.15) is 10.4 Å². The van der Waals surface area contributed by atoms with Crippen molar-refractivity contribution in [1.29, 1.82) is 5.26 Å². The average molecular weight is 187 g/mol. The van der Waals surface area contributed by atoms with Gasteiger partial charge < -0.3 is 5.73 Å². The topological polar surface area (TPSA) is 78.3 Å². The minimum atomic E-state index is -0.435. The number of nitriles is 1. The number of aromatic nitrogens is 1. The van der Waals surface area contributed by atoms with E-state index in [1.54, 1.807) is 23.5 Å². The molecule has 5 nitrogen and oxygen atoms in total. The SMILES string of the molecule is N#CC1C=NN(c2ccccn2)C1N. The number of nitrogens with two attached hydrogens (primary N) is 1. The van der Waals surface area contributed by atoms with Crippen molar-refractivity contribution < 1.29 is 0 Å². The van der Waals surface area contributed by atoms with Gasteiger partial charge in [-0.05, 0) is 12.1 Å². The second-order valence-corrected chi connectivity index (χ2v) is 2.94. The van der Waals surface area contributed by atoms with Gasteiger partial charge in [0.1, 0.15) is 17.9 Å². The first-order chi connectivity index (χ1) is 6.83. The Kier molecular flexibility index (Phi) is 2.13. The Hall–Kier alpha value is -1.93. The molecule has 0 aliphatic carbocycles. The summed E-state index contributed by atoms with van der Waals surface area (Å²) < 4.78 is 0. The second kappa shape index (κ2) is 3.44. The number of nitrogens with zero attached hydrogens (tertiary/aromatic N) is 4. The number of hydrazone groups is 1. The van der Waals surface area contributed by atoms with E-state index in [0.717, 1.165) is 0 Å². The molecule has 2 heterocycles. The van der Waals surface area contributed by atoms with Crippen molar-refractivity contribution >= 4 is 12.0 Å². The van der Waals surface area contributed by atoms with Gasteiger partial charge >= 0.3 is 0 Å². The van der Waals surface area contributed by atoms with Gasteiger partial charge in [-0.3, -0.25) is 0 Å². The standard InChI is InChI=1S/C9H9N5/c10-5-7-6-13-14(9(7)11)8-3-1-2-4-12-8/h1-4,6-7,9H,11H2. The molecule has 0 saturated carbocycles. The highest BCUT2D eigenvalue weighted by molar-refractivity contribution is 5.71. The van der Waals surface area contributed by atoms with E-state index in [0.29, 0.717) is 5.82 Å². The molecular formula is C9H9N5. The molecule has 1 aliphatic rings. The van der Waals surface area contributed by atoms with Crippen LogP contribution in [0.2, 0.25) is 0 Å². The summed E-state index contributed by atoms with van der Waals surface area (Å²) >= 11 is 0. The molecule has 0 fully saturated rings. The molecule has 5 heteroatoms. The molecule has 2 N–H and O–H groups in total. The van der Waals surface area contributed by atoms with Crippen LogP contribution in [0.5, 0.6) is 0 Å². The molecule has 0 aromatic carbocycles. The normalized spacial score (nSPS) is 25.0. The molecule has 1 aliphatic heterocycles. The van der Waals surface area contributed by atoms with Gasteiger partial charge in [0, 0.05) is 12.4 Å². The van der Waals surface area contributed by atoms with E-state index in [-0.39, 0.29) is 5.92 Å². The van der Waals surface area contributed by atoms with Gasteiger partial charge in [0.25, 0.3) is 0 Å². The maximum atomic E-state index is 8.73. The van der Waals surface area contributed by atoms with Crippen LogP contribution in [0.15, 0.2) is 29.5 Å². The molecule has 2 atom stereocenters. The van der Waals surface area contributed by atoms with Crippen LogP contribution in [0.4, 0.5) is 5.82 Å². The van der Waals surface area contributed by atoms with E-state index >= 15 is 0 Å². The van der Waals surface area contributed by atoms with Gasteiger partial charge in [0.05, 0.1) is 6.07 Å². The first-order valence-electron chi connectivity index (χ1n) is 4.22. The summed E-state index contributed by atoms with van der Waals surface area (Å²) in [6, 6.07) is 7.54. The Morgan fingerprint density at radius 1 is 1.50 bits per heavy atom. The molecule has 0 saturated heterocycles. The van der Waals surface area contributed by atoms with Crippen LogP contribution in [0.1, 0.15) is 0 Å². The quantitative estimate of drug-likeness (QED) is 0.686. The minimum Gasteiger partial charge on any atom is -0.308 e. The van der Waals surface area contributed by atoms with Gasteiger partial charge in [-0.25, -0.2) is 9.99 Å². The first-order valence-corrected chi connectivity index (χ1v) is 4.22. The smallest absolute Gasteiger partial charge is 0.150 e. The Bertz CT molecular complexity index is 380. The highest BCUT2D eigenvalue weighted by atomic mass is 15.5. The van der Waals surface area contributed by atoms with Gasteiger partial charge in [0.15, 0.2) is 0 Å². The summed E-state index contributed by atoms with van der Waals surface area (Å²) in [7, 11) is 0. The van der Waals surface area contributed by atoms with Crippen LogP contribution < -0.4 is 10.7 Å². The average Bonchev–Trinajstić information content (AvgIpc) is 2.61. The highest BCUT2D eigenvalue weighted by Crippen LogP contribution is 2.19. The molecule has 2 rings (SSSR count). The number of pyridine rings is 1. The summed E-state index contributed by atoms with van der Waals surface area (Å²) in [5, 5.41) is 14.3. The van der Waals surface area contributed by atoms with E-state index < -0.39 is 6.17 Å². The largest absolute Gasteiger partial charge is 0.308 e. The molecule has 1 aromatic rings. The predicted octanol–water partition coefficient (Wildman–Crippen LogP) is 0.312. The third-order valence-corrected chi connectivity index (χ3v) is 2.04. The minimum absolute atomic E-state index is 0.364. The fraction of sp³-hybridized carbons (Fsp3) is 0.222. The van der Waals surface area contributed by atoms with Crippen molar-refractivity contribution in [2.45, 2.75) is 6.17 Å². The second-order valence-electron chi connectivity index (χ2n) is 2.94. The van der Waals surface area contributed by atoms with Gasteiger partial charge in [0.2, 0.25) is 0 Å². The fourth-order valence-corrected chi connectivity index (χ4v) is 1.27. The van der Waals surface area contributed by atoms with E-state index in [1.165, 1.54) is 0 Å². The zero-order chi connectivity index (χ0) is 9.97. The zero-order valence-corrected chi connectivity index (χ0v) is 7.41. The van der Waals surface area contributed by atoms with Gasteiger partial charge in [-0.1, -0.05) is 6.07 Å². The van der Waals surface area contributed by atoms with Crippen molar-refractivity contribution in [1.82, 2.24) is 4.98 Å². The lowest BCUT2D eigenvalue weighted by Crippen LogP contribution is -2.40. The van der Waals surface area contributed by atoms with Crippen LogP contribution in [0.3, 0.4) is 0 Å². The Morgan fingerprint density at radius 3 is 2.93 bits per heavy atom. The van der Waals surface area contributed by atoms with Crippen molar-refractivity contribution in [2.75, 3.05) is 5.01 Å². The first kappa shape index (κ1) is 8.66. The van der Waals surface area contributed by atoms with Crippen molar-refractivity contribution in [3.8, 4) is 6.07 Å². The summed E-state index contributed by atoms with van der Waals surface area (Å²) in [6.07, 6.45) is 2.77. The van der Waals surface area contributed by atoms with Crippen LogP contribution >= 0.6 is 0 Å². The van der Waals surface area contributed by atoms with E-state index in [1.807, 2.05) is 12.1 Å². The van der Waals surface area contributed by atoms with E-state index in [9.17, 15) is 0 Å². The number of rotatable bonds is 1. The highest BCUT2D eigenvalue weighted by Gasteiger charge is 2.28. The third kappa shape index (κ3) is 1.32. The molecule has 14 heavy (non-hydrogen) atoms. The van der Waals surface area contributed by atoms with Crippen molar-refractivity contribution in [2.24, 2.45) is 16.8 Å². The lowest BCUT2D eigenvalue weighted by Gasteiger charge is -2.19. The monoisotopic (exact) mass is 187 g/mol. The van der Waals surface area contributed by atoms with Crippen molar-refractivity contribution in [3.63, 3.8) is 0 Å². The van der Waals surface area contributed by atoms with E-state index in [2.05, 4.69) is 16.2 Å². The Balaban J connectivity index is 2.24. The summed E-state index contributed by atoms with van der Waals surface area (Å²) in [6.45, 7) is 0. The molecular weight excluding hydrogens is 178 g/mol. The maximum absolute atomic E-state index is 8.73. The Morgan fingerprint density at radius 2 is 2.36 bits per heavy atom. The number of hydrogen-bond acceptors (Lipinski definition) is 5. The molecule has 2 unspecified atom stereocenters. The van der Waals surface area contributed by atoms with Crippen LogP contribution in [-0.2, 0) is 0 Å². The molecule has 0 bridgehead atoms. The number of anilines is 1. The van der Waals surface area contributed by atoms with Crippen molar-refractivity contribution in [3.05, 3.63) is 24.4 Å². The van der Waals surface area contributed by atoms with Crippen LogP contribution in [0, 0.1) is 17.2 Å². The summed E-state index contributed by atoms with van der Waals surface area (Å²) in [5.74, 6) is 0.297. The van der Waals surface area contributed by atoms with Crippen LogP contribution in [0.25, 0.3) is 0 Å².